The van der Waals surface area contributed by atoms with E-state index in [4.69, 9.17) is 28.3 Å². The van der Waals surface area contributed by atoms with E-state index >= 15 is 0 Å². The normalized spacial score (nSPS) is 37.1. The predicted octanol–water partition coefficient (Wildman–Crippen LogP) is 0.773. The second kappa shape index (κ2) is 2.53. The summed E-state index contributed by atoms with van der Waals surface area (Å²) in [4.78, 5) is 13.3. The highest BCUT2D eigenvalue weighted by Gasteiger charge is 2.69. The fraction of sp³-hybridized carbons (Fsp3) is 0.875. The maximum Gasteiger partial charge on any atom is 0.231 e. The number of hydrogen-bond donors (Lipinski definition) is 1. The fourth-order valence-corrected chi connectivity index (χ4v) is 2.30. The van der Waals surface area contributed by atoms with Gasteiger partial charge in [0.2, 0.25) is 5.91 Å². The van der Waals surface area contributed by atoms with Crippen molar-refractivity contribution >= 4 is 29.1 Å². The van der Waals surface area contributed by atoms with E-state index in [0.29, 0.717) is 19.5 Å². The van der Waals surface area contributed by atoms with Crippen molar-refractivity contribution in [2.24, 2.45) is 5.41 Å². The zero-order valence-corrected chi connectivity index (χ0v) is 8.77. The van der Waals surface area contributed by atoms with Crippen LogP contribution < -0.4 is 0 Å². The summed E-state index contributed by atoms with van der Waals surface area (Å²) in [5, 5.41) is 9.02. The molecule has 0 bridgehead atoms. The molecule has 1 atom stereocenters. The lowest BCUT2D eigenvalue weighted by atomic mass is 10.0. The number of alkyl halides is 2. The number of amides is 1. The Morgan fingerprint density at radius 3 is 2.31 bits per heavy atom. The van der Waals surface area contributed by atoms with Gasteiger partial charge in [0.1, 0.15) is 4.33 Å². The monoisotopic (exact) mass is 223 g/mol. The summed E-state index contributed by atoms with van der Waals surface area (Å²) >= 11 is 11.7. The lowest BCUT2D eigenvalue weighted by Crippen LogP contribution is -2.56. The summed E-state index contributed by atoms with van der Waals surface area (Å²) in [5.74, 6) is -0.0391. The van der Waals surface area contributed by atoms with Gasteiger partial charge >= 0.3 is 0 Å². The first-order valence-corrected chi connectivity index (χ1v) is 4.98. The van der Waals surface area contributed by atoms with Crippen LogP contribution in [0.1, 0.15) is 13.3 Å². The maximum absolute atomic E-state index is 11.7. The number of β-amino-alcohol motifs (C(OH)–C–C–N with tert-alkyl or cyclic N) is 1. The van der Waals surface area contributed by atoms with Crippen LogP contribution in [0, 0.1) is 5.41 Å². The van der Waals surface area contributed by atoms with Gasteiger partial charge in [0.25, 0.3) is 0 Å². The van der Waals surface area contributed by atoms with Gasteiger partial charge in [-0.05, 0) is 13.3 Å². The Morgan fingerprint density at radius 1 is 1.54 bits per heavy atom. The molecule has 2 fully saturated rings. The number of likely N-dealkylation sites (tertiary alicyclic amines) is 1. The van der Waals surface area contributed by atoms with Crippen LogP contribution >= 0.6 is 23.2 Å². The van der Waals surface area contributed by atoms with E-state index in [9.17, 15) is 4.79 Å². The van der Waals surface area contributed by atoms with E-state index in [1.165, 1.54) is 0 Å². The van der Waals surface area contributed by atoms with Crippen molar-refractivity contribution in [1.82, 2.24) is 4.90 Å². The second-order valence-corrected chi connectivity index (χ2v) is 5.56. The van der Waals surface area contributed by atoms with Gasteiger partial charge in [0.15, 0.2) is 0 Å². The number of halogens is 2. The number of carbonyl (C=O) groups excluding carboxylic acids is 1. The molecule has 5 heteroatoms. The molecule has 2 aliphatic rings. The molecule has 0 aromatic rings. The van der Waals surface area contributed by atoms with Crippen molar-refractivity contribution < 1.29 is 9.90 Å². The largest absolute Gasteiger partial charge is 0.389 e. The second-order valence-electron chi connectivity index (χ2n) is 4.08. The molecule has 1 unspecified atom stereocenters. The highest BCUT2D eigenvalue weighted by Crippen LogP contribution is 2.64. The molecule has 1 N–H and O–H groups in total. The Balaban J connectivity index is 2.00. The lowest BCUT2D eigenvalue weighted by Gasteiger charge is -2.38. The van der Waals surface area contributed by atoms with Gasteiger partial charge in [-0.25, -0.2) is 0 Å². The standard InChI is InChI=1S/C8H11Cl2NO2/c1-7(4-8(7,9)10)6(13)11-2-5(12)3-11/h5,12H,2-4H2,1H3. The Hall–Kier alpha value is 0.01000. The van der Waals surface area contributed by atoms with Crippen molar-refractivity contribution in [2.75, 3.05) is 13.1 Å². The first kappa shape index (κ1) is 9.56. The molecular weight excluding hydrogens is 213 g/mol. The number of carbonyl (C=O) groups is 1. The van der Waals surface area contributed by atoms with E-state index in [1.807, 2.05) is 0 Å². The summed E-state index contributed by atoms with van der Waals surface area (Å²) in [6.07, 6.45) is 0.139. The van der Waals surface area contributed by atoms with Crippen LogP contribution in [0.25, 0.3) is 0 Å². The van der Waals surface area contributed by atoms with Crippen molar-refractivity contribution in [1.29, 1.82) is 0 Å². The number of aliphatic hydroxyl groups excluding tert-OH is 1. The Labute approximate surface area is 86.6 Å². The van der Waals surface area contributed by atoms with Crippen molar-refractivity contribution in [3.63, 3.8) is 0 Å². The first-order valence-electron chi connectivity index (χ1n) is 4.22. The molecule has 74 valence electrons. The van der Waals surface area contributed by atoms with Crippen LogP contribution in [-0.2, 0) is 4.79 Å². The van der Waals surface area contributed by atoms with E-state index < -0.39 is 9.75 Å². The van der Waals surface area contributed by atoms with Crippen molar-refractivity contribution in [3.05, 3.63) is 0 Å². The van der Waals surface area contributed by atoms with Crippen LogP contribution in [0.15, 0.2) is 0 Å². The van der Waals surface area contributed by atoms with Crippen LogP contribution in [-0.4, -0.2) is 39.4 Å². The molecule has 1 heterocycles. The van der Waals surface area contributed by atoms with Gasteiger partial charge in [-0.3, -0.25) is 4.79 Å². The van der Waals surface area contributed by atoms with Crippen molar-refractivity contribution in [2.45, 2.75) is 23.8 Å². The fourth-order valence-electron chi connectivity index (χ4n) is 1.60. The number of aliphatic hydroxyl groups is 1. The zero-order valence-electron chi connectivity index (χ0n) is 7.26. The first-order chi connectivity index (χ1) is 5.87. The molecule has 1 amide bonds. The zero-order chi connectivity index (χ0) is 9.85. The molecule has 0 radical (unpaired) electrons. The van der Waals surface area contributed by atoms with Gasteiger partial charge in [-0.1, -0.05) is 0 Å². The van der Waals surface area contributed by atoms with E-state index in [1.54, 1.807) is 11.8 Å². The Bertz CT molecular complexity index is 263. The number of hydrogen-bond acceptors (Lipinski definition) is 2. The molecule has 13 heavy (non-hydrogen) atoms. The quantitative estimate of drug-likeness (QED) is 0.668. The summed E-state index contributed by atoms with van der Waals surface area (Å²) in [6, 6.07) is 0. The topological polar surface area (TPSA) is 40.5 Å². The molecule has 3 nitrogen and oxygen atoms in total. The molecule has 0 aromatic heterocycles. The van der Waals surface area contributed by atoms with Crippen LogP contribution in [0.3, 0.4) is 0 Å². The van der Waals surface area contributed by atoms with Crippen LogP contribution in [0.5, 0.6) is 0 Å². The number of rotatable bonds is 1. The highest BCUT2D eigenvalue weighted by atomic mass is 35.5. The Kier molecular flexibility index (Phi) is 1.86. The van der Waals surface area contributed by atoms with Crippen LogP contribution in [0.4, 0.5) is 0 Å². The average molecular weight is 224 g/mol. The summed E-state index contributed by atoms with van der Waals surface area (Å²) < 4.78 is -0.898. The molecule has 1 saturated heterocycles. The molecular formula is C8H11Cl2NO2. The molecule has 1 aliphatic carbocycles. The van der Waals surface area contributed by atoms with Gasteiger partial charge < -0.3 is 10.0 Å². The maximum atomic E-state index is 11.7. The molecule has 0 aromatic carbocycles. The minimum absolute atomic E-state index is 0.0391. The predicted molar refractivity (Wildman–Crippen MR) is 49.7 cm³/mol. The third-order valence-electron chi connectivity index (χ3n) is 2.88. The third-order valence-corrected chi connectivity index (χ3v) is 3.98. The number of nitrogens with zero attached hydrogens (tertiary/aromatic N) is 1. The van der Waals surface area contributed by atoms with E-state index in [-0.39, 0.29) is 12.0 Å². The van der Waals surface area contributed by atoms with E-state index in [2.05, 4.69) is 0 Å². The van der Waals surface area contributed by atoms with Gasteiger partial charge in [0, 0.05) is 13.1 Å². The Morgan fingerprint density at radius 2 is 2.00 bits per heavy atom. The summed E-state index contributed by atoms with van der Waals surface area (Å²) in [7, 11) is 0. The van der Waals surface area contributed by atoms with Gasteiger partial charge in [-0.2, -0.15) is 0 Å². The molecule has 1 saturated carbocycles. The van der Waals surface area contributed by atoms with Crippen LogP contribution in [0.2, 0.25) is 0 Å². The van der Waals surface area contributed by atoms with Crippen molar-refractivity contribution in [3.8, 4) is 0 Å². The smallest absolute Gasteiger partial charge is 0.231 e. The highest BCUT2D eigenvalue weighted by molar-refractivity contribution is 6.53. The van der Waals surface area contributed by atoms with Gasteiger partial charge in [-0.15, -0.1) is 23.2 Å². The average Bonchev–Trinajstić information content (AvgIpc) is 2.45. The lowest BCUT2D eigenvalue weighted by molar-refractivity contribution is -0.146. The minimum atomic E-state index is -0.898. The minimum Gasteiger partial charge on any atom is -0.389 e. The van der Waals surface area contributed by atoms with E-state index in [0.717, 1.165) is 0 Å². The van der Waals surface area contributed by atoms with Gasteiger partial charge in [0.05, 0.1) is 11.5 Å². The third kappa shape index (κ3) is 1.25. The molecule has 0 spiro atoms. The molecule has 2 rings (SSSR count). The molecule has 1 aliphatic heterocycles. The summed E-state index contributed by atoms with van der Waals surface area (Å²) in [5.41, 5.74) is -0.629. The summed E-state index contributed by atoms with van der Waals surface area (Å²) in [6.45, 7) is 2.59. The SMILES string of the molecule is CC1(C(=O)N2CC(O)C2)CC1(Cl)Cl.